The second-order valence-corrected chi connectivity index (χ2v) is 7.23. The summed E-state index contributed by atoms with van der Waals surface area (Å²) in [6.45, 7) is 5.28. The zero-order valence-electron chi connectivity index (χ0n) is 12.7. The van der Waals surface area contributed by atoms with E-state index in [1.807, 2.05) is 19.9 Å². The maximum absolute atomic E-state index is 12.8. The molecule has 6 heteroatoms. The van der Waals surface area contributed by atoms with E-state index >= 15 is 0 Å². The summed E-state index contributed by atoms with van der Waals surface area (Å²) >= 11 is 0. The maximum atomic E-state index is 12.8. The highest BCUT2D eigenvalue weighted by molar-refractivity contribution is 7.89. The normalized spacial score (nSPS) is 22.1. The van der Waals surface area contributed by atoms with Gasteiger partial charge in [0.1, 0.15) is 0 Å². The molecule has 2 N–H and O–H groups in total. The highest BCUT2D eigenvalue weighted by Crippen LogP contribution is 2.24. The van der Waals surface area contributed by atoms with Crippen LogP contribution in [0.3, 0.4) is 0 Å². The van der Waals surface area contributed by atoms with Crippen LogP contribution in [0.15, 0.2) is 29.2 Å². The van der Waals surface area contributed by atoms with E-state index in [0.29, 0.717) is 24.7 Å². The molecular weight excluding hydrogens is 288 g/mol. The fourth-order valence-corrected chi connectivity index (χ4v) is 4.28. The molecule has 1 aromatic rings. The van der Waals surface area contributed by atoms with Crippen LogP contribution in [0.2, 0.25) is 0 Å². The summed E-state index contributed by atoms with van der Waals surface area (Å²) in [5.74, 6) is 0. The minimum absolute atomic E-state index is 0.0905. The molecule has 0 aliphatic carbocycles. The van der Waals surface area contributed by atoms with Crippen LogP contribution in [0.4, 0.5) is 0 Å². The van der Waals surface area contributed by atoms with E-state index in [1.165, 1.54) is 0 Å². The van der Waals surface area contributed by atoms with Crippen molar-refractivity contribution >= 4 is 10.0 Å². The van der Waals surface area contributed by atoms with Crippen LogP contribution in [0, 0.1) is 0 Å². The number of nitrogens with two attached hydrogens (primary N) is 1. The molecule has 21 heavy (non-hydrogen) atoms. The number of nitrogens with zero attached hydrogens (tertiary/aromatic N) is 1. The van der Waals surface area contributed by atoms with Crippen molar-refractivity contribution in [3.05, 3.63) is 29.8 Å². The van der Waals surface area contributed by atoms with Crippen molar-refractivity contribution in [3.8, 4) is 0 Å². The highest BCUT2D eigenvalue weighted by Gasteiger charge is 2.33. The fraction of sp³-hybridized carbons (Fsp3) is 0.600. The minimum Gasteiger partial charge on any atom is -0.378 e. The first kappa shape index (κ1) is 16.4. The quantitative estimate of drug-likeness (QED) is 0.901. The number of sulfonamides is 1. The van der Waals surface area contributed by atoms with Gasteiger partial charge in [-0.1, -0.05) is 26.0 Å². The molecule has 0 saturated carbocycles. The Morgan fingerprint density at radius 1 is 1.43 bits per heavy atom. The molecular formula is C15H24N2O3S. The van der Waals surface area contributed by atoms with Crippen LogP contribution in [0.5, 0.6) is 0 Å². The SMILES string of the molecule is CCC(N)c1cccc(S(=O)(=O)N2CCOCC2CC)c1. The Balaban J connectivity index is 2.34. The largest absolute Gasteiger partial charge is 0.378 e. The molecule has 1 aromatic carbocycles. The van der Waals surface area contributed by atoms with Crippen molar-refractivity contribution in [2.75, 3.05) is 19.8 Å². The van der Waals surface area contributed by atoms with Gasteiger partial charge in [-0.3, -0.25) is 0 Å². The van der Waals surface area contributed by atoms with Gasteiger partial charge in [-0.05, 0) is 30.5 Å². The molecule has 0 amide bonds. The van der Waals surface area contributed by atoms with Crippen LogP contribution < -0.4 is 5.73 Å². The number of morpholine rings is 1. The van der Waals surface area contributed by atoms with E-state index in [-0.39, 0.29) is 12.1 Å². The summed E-state index contributed by atoms with van der Waals surface area (Å²) in [4.78, 5) is 0.323. The molecule has 0 bridgehead atoms. The molecule has 118 valence electrons. The van der Waals surface area contributed by atoms with Crippen molar-refractivity contribution in [2.45, 2.75) is 43.7 Å². The first-order chi connectivity index (χ1) is 10.0. The van der Waals surface area contributed by atoms with Crippen molar-refractivity contribution in [2.24, 2.45) is 5.73 Å². The number of hydrogen-bond acceptors (Lipinski definition) is 4. The Kier molecular flexibility index (Phi) is 5.37. The van der Waals surface area contributed by atoms with Crippen molar-refractivity contribution in [1.82, 2.24) is 4.31 Å². The third-order valence-corrected chi connectivity index (χ3v) is 5.93. The van der Waals surface area contributed by atoms with Gasteiger partial charge >= 0.3 is 0 Å². The Morgan fingerprint density at radius 3 is 2.86 bits per heavy atom. The Labute approximate surface area is 127 Å². The first-order valence-electron chi connectivity index (χ1n) is 7.45. The summed E-state index contributed by atoms with van der Waals surface area (Å²) < 4.78 is 32.6. The third kappa shape index (κ3) is 3.45. The van der Waals surface area contributed by atoms with Gasteiger partial charge in [0.25, 0.3) is 0 Å². The Hall–Kier alpha value is -0.950. The van der Waals surface area contributed by atoms with E-state index < -0.39 is 10.0 Å². The zero-order valence-corrected chi connectivity index (χ0v) is 13.5. The Morgan fingerprint density at radius 2 is 2.19 bits per heavy atom. The van der Waals surface area contributed by atoms with Crippen LogP contribution in [0.1, 0.15) is 38.3 Å². The average molecular weight is 312 g/mol. The molecule has 5 nitrogen and oxygen atoms in total. The molecule has 0 spiro atoms. The van der Waals surface area contributed by atoms with E-state index in [0.717, 1.165) is 18.4 Å². The minimum atomic E-state index is -3.49. The van der Waals surface area contributed by atoms with Crippen LogP contribution in [-0.2, 0) is 14.8 Å². The van der Waals surface area contributed by atoms with Gasteiger partial charge in [-0.15, -0.1) is 0 Å². The Bertz CT molecular complexity index is 574. The number of ether oxygens (including phenoxy) is 1. The fourth-order valence-electron chi connectivity index (χ4n) is 2.55. The van der Waals surface area contributed by atoms with Crippen LogP contribution >= 0.6 is 0 Å². The van der Waals surface area contributed by atoms with Gasteiger partial charge in [0, 0.05) is 18.6 Å². The van der Waals surface area contributed by atoms with Gasteiger partial charge < -0.3 is 10.5 Å². The van der Waals surface area contributed by atoms with Gasteiger partial charge in [0.15, 0.2) is 0 Å². The lowest BCUT2D eigenvalue weighted by Crippen LogP contribution is -2.48. The van der Waals surface area contributed by atoms with Gasteiger partial charge in [0.05, 0.1) is 18.1 Å². The lowest BCUT2D eigenvalue weighted by atomic mass is 10.1. The molecule has 1 aliphatic heterocycles. The molecule has 2 atom stereocenters. The molecule has 1 fully saturated rings. The number of hydrogen-bond donors (Lipinski definition) is 1. The van der Waals surface area contributed by atoms with Crippen LogP contribution in [-0.4, -0.2) is 38.5 Å². The monoisotopic (exact) mass is 312 g/mol. The molecule has 1 aliphatic rings. The van der Waals surface area contributed by atoms with Gasteiger partial charge in [0.2, 0.25) is 10.0 Å². The average Bonchev–Trinajstić information content (AvgIpc) is 2.54. The lowest BCUT2D eigenvalue weighted by molar-refractivity contribution is 0.0314. The van der Waals surface area contributed by atoms with Crippen molar-refractivity contribution in [1.29, 1.82) is 0 Å². The van der Waals surface area contributed by atoms with E-state index in [4.69, 9.17) is 10.5 Å². The lowest BCUT2D eigenvalue weighted by Gasteiger charge is -2.34. The standard InChI is InChI=1S/C15H24N2O3S/c1-3-13-11-20-9-8-17(13)21(18,19)14-7-5-6-12(10-14)15(16)4-2/h5-7,10,13,15H,3-4,8-9,11,16H2,1-2H3. The molecule has 0 radical (unpaired) electrons. The first-order valence-corrected chi connectivity index (χ1v) is 8.89. The third-order valence-electron chi connectivity index (χ3n) is 3.98. The summed E-state index contributed by atoms with van der Waals surface area (Å²) in [7, 11) is -3.49. The van der Waals surface area contributed by atoms with Gasteiger partial charge in [-0.2, -0.15) is 4.31 Å². The summed E-state index contributed by atoms with van der Waals surface area (Å²) in [5.41, 5.74) is 6.87. The van der Waals surface area contributed by atoms with Crippen LogP contribution in [0.25, 0.3) is 0 Å². The number of benzene rings is 1. The predicted molar refractivity (Wildman–Crippen MR) is 82.5 cm³/mol. The van der Waals surface area contributed by atoms with Gasteiger partial charge in [-0.25, -0.2) is 8.42 Å². The predicted octanol–water partition coefficient (Wildman–Crippen LogP) is 1.90. The molecule has 2 rings (SSSR count). The van der Waals surface area contributed by atoms with E-state index in [9.17, 15) is 8.42 Å². The summed E-state index contributed by atoms with van der Waals surface area (Å²) in [6.07, 6.45) is 1.52. The summed E-state index contributed by atoms with van der Waals surface area (Å²) in [6, 6.07) is 6.76. The second kappa shape index (κ2) is 6.87. The second-order valence-electron chi connectivity index (χ2n) is 5.34. The maximum Gasteiger partial charge on any atom is 0.243 e. The summed E-state index contributed by atoms with van der Waals surface area (Å²) in [5, 5.41) is 0. The zero-order chi connectivity index (χ0) is 15.5. The van der Waals surface area contributed by atoms with E-state index in [1.54, 1.807) is 22.5 Å². The smallest absolute Gasteiger partial charge is 0.243 e. The highest BCUT2D eigenvalue weighted by atomic mass is 32.2. The molecule has 0 aromatic heterocycles. The molecule has 2 unspecified atom stereocenters. The van der Waals surface area contributed by atoms with Crippen molar-refractivity contribution < 1.29 is 13.2 Å². The molecule has 1 heterocycles. The number of rotatable bonds is 5. The topological polar surface area (TPSA) is 72.6 Å². The molecule has 1 saturated heterocycles. The van der Waals surface area contributed by atoms with Crippen molar-refractivity contribution in [3.63, 3.8) is 0 Å². The van der Waals surface area contributed by atoms with E-state index in [2.05, 4.69) is 0 Å².